The van der Waals surface area contributed by atoms with E-state index in [0.29, 0.717) is 10.7 Å². The van der Waals surface area contributed by atoms with Gasteiger partial charge in [0.2, 0.25) is 10.0 Å². The predicted molar refractivity (Wildman–Crippen MR) is 78.0 cm³/mol. The molecule has 0 fully saturated rings. The molecule has 0 aliphatic rings. The zero-order chi connectivity index (χ0) is 14.9. The van der Waals surface area contributed by atoms with Gasteiger partial charge in [0.05, 0.1) is 11.4 Å². The Labute approximate surface area is 120 Å². The van der Waals surface area contributed by atoms with Crippen LogP contribution in [0, 0.1) is 20.8 Å². The summed E-state index contributed by atoms with van der Waals surface area (Å²) in [5, 5.41) is 0. The van der Waals surface area contributed by atoms with E-state index in [9.17, 15) is 8.42 Å². The fourth-order valence-corrected chi connectivity index (χ4v) is 3.47. The lowest BCUT2D eigenvalue weighted by Crippen LogP contribution is -2.27. The summed E-state index contributed by atoms with van der Waals surface area (Å²) in [6.07, 6.45) is 0. The second kappa shape index (κ2) is 5.42. The minimum atomic E-state index is -3.50. The van der Waals surface area contributed by atoms with E-state index in [4.69, 9.17) is 4.42 Å². The van der Waals surface area contributed by atoms with Gasteiger partial charge in [-0.2, -0.15) is 4.31 Å². The highest BCUT2D eigenvalue weighted by atomic mass is 32.2. The molecular weight excluding hydrogens is 274 g/mol. The molecule has 108 valence electrons. The molecule has 1 heterocycles. The Morgan fingerprint density at radius 3 is 2.35 bits per heavy atom. The van der Waals surface area contributed by atoms with Crippen LogP contribution in [0.4, 0.5) is 0 Å². The van der Waals surface area contributed by atoms with Gasteiger partial charge in [0.1, 0.15) is 11.5 Å². The van der Waals surface area contributed by atoms with Crippen LogP contribution in [0.5, 0.6) is 0 Å². The van der Waals surface area contributed by atoms with Crippen LogP contribution in [-0.2, 0) is 16.6 Å². The summed E-state index contributed by atoms with van der Waals surface area (Å²) in [5.74, 6) is 1.41. The van der Waals surface area contributed by atoms with Gasteiger partial charge in [-0.05, 0) is 44.5 Å². The molecule has 1 aromatic carbocycles. The number of nitrogens with zero attached hydrogens (tertiary/aromatic N) is 1. The molecule has 0 bridgehead atoms. The molecule has 2 rings (SSSR count). The van der Waals surface area contributed by atoms with Crippen LogP contribution >= 0.6 is 0 Å². The van der Waals surface area contributed by atoms with Crippen LogP contribution in [0.2, 0.25) is 0 Å². The Balaban J connectivity index is 2.29. The topological polar surface area (TPSA) is 50.5 Å². The highest BCUT2D eigenvalue weighted by Gasteiger charge is 2.23. The van der Waals surface area contributed by atoms with E-state index in [0.717, 1.165) is 16.9 Å². The number of sulfonamides is 1. The summed E-state index contributed by atoms with van der Waals surface area (Å²) in [4.78, 5) is 0.342. The summed E-state index contributed by atoms with van der Waals surface area (Å²) >= 11 is 0. The molecule has 4 nitrogen and oxygen atoms in total. The first-order valence-corrected chi connectivity index (χ1v) is 7.83. The zero-order valence-electron chi connectivity index (χ0n) is 12.2. The van der Waals surface area contributed by atoms with Crippen LogP contribution < -0.4 is 0 Å². The van der Waals surface area contributed by atoms with Gasteiger partial charge in [-0.1, -0.05) is 17.7 Å². The third-order valence-electron chi connectivity index (χ3n) is 3.19. The first-order chi connectivity index (χ1) is 9.30. The Hall–Kier alpha value is -1.59. The average molecular weight is 293 g/mol. The maximum Gasteiger partial charge on any atom is 0.243 e. The number of hydrogen-bond acceptors (Lipinski definition) is 3. The molecule has 20 heavy (non-hydrogen) atoms. The SMILES string of the molecule is Cc1ccc(S(=O)(=O)N(C)Cc2ccc(C)o2)c(C)c1. The highest BCUT2D eigenvalue weighted by Crippen LogP contribution is 2.21. The molecule has 1 aromatic heterocycles. The summed E-state index contributed by atoms with van der Waals surface area (Å²) in [6.45, 7) is 5.81. The van der Waals surface area contributed by atoms with Crippen molar-refractivity contribution >= 4 is 10.0 Å². The standard InChI is InChI=1S/C15H19NO3S/c1-11-5-8-15(12(2)9-11)20(17,18)16(4)10-14-7-6-13(3)19-14/h5-9H,10H2,1-4H3. The van der Waals surface area contributed by atoms with Gasteiger partial charge in [-0.15, -0.1) is 0 Å². The lowest BCUT2D eigenvalue weighted by atomic mass is 10.2. The quantitative estimate of drug-likeness (QED) is 0.870. The molecule has 0 saturated heterocycles. The van der Waals surface area contributed by atoms with Gasteiger partial charge in [0, 0.05) is 7.05 Å². The molecule has 2 aromatic rings. The molecule has 0 aliphatic carbocycles. The molecule has 0 spiro atoms. The molecule has 0 N–H and O–H groups in total. The van der Waals surface area contributed by atoms with Crippen molar-refractivity contribution in [2.45, 2.75) is 32.2 Å². The monoisotopic (exact) mass is 293 g/mol. The number of furan rings is 1. The van der Waals surface area contributed by atoms with Crippen molar-refractivity contribution in [3.63, 3.8) is 0 Å². The number of aryl methyl sites for hydroxylation is 3. The molecule has 5 heteroatoms. The van der Waals surface area contributed by atoms with Crippen molar-refractivity contribution in [2.75, 3.05) is 7.05 Å². The predicted octanol–water partition coefficient (Wildman–Crippen LogP) is 3.03. The van der Waals surface area contributed by atoms with Crippen LogP contribution in [0.1, 0.15) is 22.6 Å². The van der Waals surface area contributed by atoms with Crippen LogP contribution in [-0.4, -0.2) is 19.8 Å². The third kappa shape index (κ3) is 2.94. The molecular formula is C15H19NO3S. The summed E-state index contributed by atoms with van der Waals surface area (Å²) < 4.78 is 31.9. The lowest BCUT2D eigenvalue weighted by Gasteiger charge is -2.17. The Morgan fingerprint density at radius 2 is 1.80 bits per heavy atom. The smallest absolute Gasteiger partial charge is 0.243 e. The summed E-state index contributed by atoms with van der Waals surface area (Å²) in [7, 11) is -1.94. The van der Waals surface area contributed by atoms with Gasteiger partial charge in [0.25, 0.3) is 0 Å². The van der Waals surface area contributed by atoms with Crippen LogP contribution in [0.3, 0.4) is 0 Å². The Kier molecular flexibility index (Phi) is 4.01. The molecule has 0 radical (unpaired) electrons. The van der Waals surface area contributed by atoms with E-state index in [-0.39, 0.29) is 6.54 Å². The van der Waals surface area contributed by atoms with Gasteiger partial charge in [0.15, 0.2) is 0 Å². The van der Waals surface area contributed by atoms with Gasteiger partial charge in [-0.3, -0.25) is 0 Å². The number of benzene rings is 1. The van der Waals surface area contributed by atoms with Crippen molar-refractivity contribution in [2.24, 2.45) is 0 Å². The minimum absolute atomic E-state index is 0.226. The normalized spacial score (nSPS) is 12.1. The molecule has 0 aliphatic heterocycles. The fourth-order valence-electron chi connectivity index (χ4n) is 2.13. The first-order valence-electron chi connectivity index (χ1n) is 6.39. The van der Waals surface area contributed by atoms with E-state index in [1.807, 2.05) is 39.0 Å². The summed E-state index contributed by atoms with van der Waals surface area (Å²) in [6, 6.07) is 8.96. The second-order valence-corrected chi connectivity index (χ2v) is 7.06. The van der Waals surface area contributed by atoms with E-state index < -0.39 is 10.0 Å². The van der Waals surface area contributed by atoms with E-state index in [1.165, 1.54) is 4.31 Å². The minimum Gasteiger partial charge on any atom is -0.465 e. The van der Waals surface area contributed by atoms with Crippen molar-refractivity contribution in [3.05, 3.63) is 53.0 Å². The first kappa shape index (κ1) is 14.8. The number of hydrogen-bond donors (Lipinski definition) is 0. The maximum atomic E-state index is 12.6. The van der Waals surface area contributed by atoms with Crippen LogP contribution in [0.25, 0.3) is 0 Å². The summed E-state index contributed by atoms with van der Waals surface area (Å²) in [5.41, 5.74) is 1.80. The molecule has 0 amide bonds. The van der Waals surface area contributed by atoms with Crippen molar-refractivity contribution in [3.8, 4) is 0 Å². The van der Waals surface area contributed by atoms with Crippen molar-refractivity contribution in [1.82, 2.24) is 4.31 Å². The van der Waals surface area contributed by atoms with Crippen molar-refractivity contribution < 1.29 is 12.8 Å². The average Bonchev–Trinajstić information content (AvgIpc) is 2.74. The van der Waals surface area contributed by atoms with E-state index in [1.54, 1.807) is 19.2 Å². The maximum absolute atomic E-state index is 12.6. The van der Waals surface area contributed by atoms with Crippen LogP contribution in [0.15, 0.2) is 39.6 Å². The van der Waals surface area contributed by atoms with E-state index >= 15 is 0 Å². The fraction of sp³-hybridized carbons (Fsp3) is 0.333. The van der Waals surface area contributed by atoms with E-state index in [2.05, 4.69) is 0 Å². The molecule has 0 saturated carbocycles. The Bertz CT molecular complexity index is 716. The second-order valence-electron chi connectivity index (χ2n) is 5.04. The largest absolute Gasteiger partial charge is 0.465 e. The van der Waals surface area contributed by atoms with Crippen molar-refractivity contribution in [1.29, 1.82) is 0 Å². The highest BCUT2D eigenvalue weighted by molar-refractivity contribution is 7.89. The lowest BCUT2D eigenvalue weighted by molar-refractivity contribution is 0.397. The number of rotatable bonds is 4. The molecule has 0 unspecified atom stereocenters. The molecule has 0 atom stereocenters. The van der Waals surface area contributed by atoms with Gasteiger partial charge < -0.3 is 4.42 Å². The van der Waals surface area contributed by atoms with Gasteiger partial charge in [-0.25, -0.2) is 8.42 Å². The zero-order valence-corrected chi connectivity index (χ0v) is 13.0. The third-order valence-corrected chi connectivity index (χ3v) is 5.16. The van der Waals surface area contributed by atoms with Gasteiger partial charge >= 0.3 is 0 Å². The Morgan fingerprint density at radius 1 is 1.10 bits per heavy atom.